The molecule has 1 aromatic carbocycles. The van der Waals surface area contributed by atoms with E-state index in [2.05, 4.69) is 59.5 Å². The first-order valence-electron chi connectivity index (χ1n) is 11.2. The van der Waals surface area contributed by atoms with Crippen molar-refractivity contribution in [1.82, 2.24) is 20.5 Å². The number of aliphatic imine (C=N–C) groups is 1. The van der Waals surface area contributed by atoms with Gasteiger partial charge in [-0.15, -0.1) is 24.0 Å². The van der Waals surface area contributed by atoms with Crippen LogP contribution in [0.15, 0.2) is 27.6 Å². The van der Waals surface area contributed by atoms with Crippen LogP contribution in [-0.4, -0.2) is 42.0 Å². The molecular weight excluding hydrogens is 501 g/mol. The Labute approximate surface area is 204 Å². The second kappa shape index (κ2) is 12.4. The molecule has 0 saturated carbocycles. The zero-order valence-electron chi connectivity index (χ0n) is 19.6. The fraction of sp³-hybridized carbons (Fsp3) is 0.583. The third kappa shape index (κ3) is 7.79. The number of aromatic nitrogens is 1. The van der Waals surface area contributed by atoms with Crippen LogP contribution < -0.4 is 10.6 Å². The SMILES string of the molecule is CCNC(=NCc1ccc(C)cc1C)NCC1CCN(Cc2nc(C)c(C)o2)CC1.I. The number of aryl methyl sites for hydroxylation is 4. The molecule has 172 valence electrons. The highest BCUT2D eigenvalue weighted by atomic mass is 127. The van der Waals surface area contributed by atoms with E-state index in [4.69, 9.17) is 9.41 Å². The Balaban J connectivity index is 0.00000341. The average Bonchev–Trinajstić information content (AvgIpc) is 3.03. The predicted octanol–water partition coefficient (Wildman–Crippen LogP) is 4.49. The van der Waals surface area contributed by atoms with E-state index in [9.17, 15) is 0 Å². The van der Waals surface area contributed by atoms with Gasteiger partial charge in [-0.25, -0.2) is 9.98 Å². The number of guanidine groups is 1. The molecule has 6 nitrogen and oxygen atoms in total. The summed E-state index contributed by atoms with van der Waals surface area (Å²) in [5, 5.41) is 6.94. The first-order valence-corrected chi connectivity index (χ1v) is 11.2. The van der Waals surface area contributed by atoms with Crippen molar-refractivity contribution in [2.45, 2.75) is 60.5 Å². The zero-order chi connectivity index (χ0) is 21.5. The van der Waals surface area contributed by atoms with Gasteiger partial charge < -0.3 is 15.1 Å². The number of hydrogen-bond acceptors (Lipinski definition) is 4. The van der Waals surface area contributed by atoms with Crippen LogP contribution in [0.1, 0.15) is 53.8 Å². The van der Waals surface area contributed by atoms with E-state index in [1.165, 1.54) is 29.5 Å². The van der Waals surface area contributed by atoms with Crippen LogP contribution in [0.25, 0.3) is 0 Å². The molecule has 2 aromatic rings. The van der Waals surface area contributed by atoms with Crippen LogP contribution in [-0.2, 0) is 13.1 Å². The molecule has 0 spiro atoms. The lowest BCUT2D eigenvalue weighted by Gasteiger charge is -2.31. The summed E-state index contributed by atoms with van der Waals surface area (Å²) in [4.78, 5) is 11.8. The largest absolute Gasteiger partial charge is 0.444 e. The molecule has 7 heteroatoms. The average molecular weight is 540 g/mol. The van der Waals surface area contributed by atoms with Crippen LogP contribution in [0.2, 0.25) is 0 Å². The summed E-state index contributed by atoms with van der Waals surface area (Å²) in [5.74, 6) is 3.35. The molecule has 0 atom stereocenters. The monoisotopic (exact) mass is 539 g/mol. The maximum atomic E-state index is 5.74. The van der Waals surface area contributed by atoms with Crippen LogP contribution >= 0.6 is 24.0 Å². The molecule has 0 aliphatic carbocycles. The first-order chi connectivity index (χ1) is 14.4. The van der Waals surface area contributed by atoms with Crippen molar-refractivity contribution in [2.24, 2.45) is 10.9 Å². The number of benzene rings is 1. The van der Waals surface area contributed by atoms with Crippen molar-refractivity contribution in [1.29, 1.82) is 0 Å². The van der Waals surface area contributed by atoms with Crippen LogP contribution in [0.5, 0.6) is 0 Å². The summed E-state index contributed by atoms with van der Waals surface area (Å²) in [5.41, 5.74) is 4.88. The second-order valence-corrected chi connectivity index (χ2v) is 8.47. The van der Waals surface area contributed by atoms with E-state index in [1.54, 1.807) is 0 Å². The number of hydrogen-bond donors (Lipinski definition) is 2. The maximum absolute atomic E-state index is 5.74. The van der Waals surface area contributed by atoms with E-state index in [1.807, 2.05) is 13.8 Å². The molecule has 0 amide bonds. The van der Waals surface area contributed by atoms with Gasteiger partial charge in [-0.05, 0) is 77.6 Å². The Hall–Kier alpha value is -1.61. The van der Waals surface area contributed by atoms with Gasteiger partial charge in [0.2, 0.25) is 5.89 Å². The normalized spacial score (nSPS) is 15.6. The maximum Gasteiger partial charge on any atom is 0.208 e. The minimum absolute atomic E-state index is 0. The Morgan fingerprint density at radius 2 is 1.90 bits per heavy atom. The molecule has 0 bridgehead atoms. The standard InChI is InChI=1S/C24H37N5O.HI/c1-6-25-24(27-15-22-8-7-17(2)13-18(22)3)26-14-21-9-11-29(12-10-21)16-23-28-19(4)20(5)30-23;/h7-8,13,21H,6,9-12,14-16H2,1-5H3,(H2,25,26,27);1H. The third-order valence-electron chi connectivity index (χ3n) is 5.95. The lowest BCUT2D eigenvalue weighted by molar-refractivity contribution is 0.164. The van der Waals surface area contributed by atoms with Gasteiger partial charge in [-0.3, -0.25) is 4.90 Å². The minimum atomic E-state index is 0. The molecule has 0 unspecified atom stereocenters. The molecule has 2 N–H and O–H groups in total. The fourth-order valence-electron chi connectivity index (χ4n) is 3.92. The van der Waals surface area contributed by atoms with E-state index >= 15 is 0 Å². The van der Waals surface area contributed by atoms with Crippen molar-refractivity contribution in [3.8, 4) is 0 Å². The highest BCUT2D eigenvalue weighted by Crippen LogP contribution is 2.19. The molecule has 1 aromatic heterocycles. The molecule has 1 fully saturated rings. The van der Waals surface area contributed by atoms with Gasteiger partial charge >= 0.3 is 0 Å². The molecule has 1 saturated heterocycles. The highest BCUT2D eigenvalue weighted by molar-refractivity contribution is 14.0. The Bertz CT molecular complexity index is 836. The number of rotatable bonds is 7. The number of likely N-dealkylation sites (tertiary alicyclic amines) is 1. The summed E-state index contributed by atoms with van der Waals surface area (Å²) in [6.07, 6.45) is 2.37. The van der Waals surface area contributed by atoms with Gasteiger partial charge in [0.1, 0.15) is 5.76 Å². The van der Waals surface area contributed by atoms with E-state index in [-0.39, 0.29) is 24.0 Å². The summed E-state index contributed by atoms with van der Waals surface area (Å²) < 4.78 is 5.74. The van der Waals surface area contributed by atoms with Crippen LogP contribution in [0.4, 0.5) is 0 Å². The van der Waals surface area contributed by atoms with Gasteiger partial charge in [0.05, 0.1) is 18.8 Å². The number of piperidine rings is 1. The Morgan fingerprint density at radius 1 is 1.16 bits per heavy atom. The number of oxazole rings is 1. The van der Waals surface area contributed by atoms with E-state index in [0.29, 0.717) is 12.5 Å². The molecular formula is C24H38IN5O. The molecule has 1 aliphatic heterocycles. The lowest BCUT2D eigenvalue weighted by atomic mass is 9.97. The number of halogens is 1. The fourth-order valence-corrected chi connectivity index (χ4v) is 3.92. The molecule has 2 heterocycles. The molecule has 1 aliphatic rings. The second-order valence-electron chi connectivity index (χ2n) is 8.47. The van der Waals surface area contributed by atoms with Crippen molar-refractivity contribution >= 4 is 29.9 Å². The van der Waals surface area contributed by atoms with Gasteiger partial charge in [0, 0.05) is 13.1 Å². The van der Waals surface area contributed by atoms with Crippen molar-refractivity contribution in [3.05, 3.63) is 52.2 Å². The topological polar surface area (TPSA) is 65.7 Å². The minimum Gasteiger partial charge on any atom is -0.444 e. The van der Waals surface area contributed by atoms with Crippen LogP contribution in [0.3, 0.4) is 0 Å². The van der Waals surface area contributed by atoms with Gasteiger partial charge in [0.15, 0.2) is 5.96 Å². The number of nitrogens with zero attached hydrogens (tertiary/aromatic N) is 3. The lowest BCUT2D eigenvalue weighted by Crippen LogP contribution is -2.42. The van der Waals surface area contributed by atoms with Gasteiger partial charge in [-0.2, -0.15) is 0 Å². The summed E-state index contributed by atoms with van der Waals surface area (Å²) in [7, 11) is 0. The molecule has 0 radical (unpaired) electrons. The van der Waals surface area contributed by atoms with E-state index in [0.717, 1.165) is 56.0 Å². The molecule has 3 rings (SSSR count). The molecule has 31 heavy (non-hydrogen) atoms. The number of nitrogens with one attached hydrogen (secondary N) is 2. The van der Waals surface area contributed by atoms with Crippen molar-refractivity contribution < 1.29 is 4.42 Å². The van der Waals surface area contributed by atoms with Crippen molar-refractivity contribution in [3.63, 3.8) is 0 Å². The summed E-state index contributed by atoms with van der Waals surface area (Å²) in [6.45, 7) is 15.9. The van der Waals surface area contributed by atoms with Crippen LogP contribution in [0, 0.1) is 33.6 Å². The Morgan fingerprint density at radius 3 is 2.52 bits per heavy atom. The summed E-state index contributed by atoms with van der Waals surface area (Å²) >= 11 is 0. The third-order valence-corrected chi connectivity index (χ3v) is 5.95. The predicted molar refractivity (Wildman–Crippen MR) is 138 cm³/mol. The van der Waals surface area contributed by atoms with Gasteiger partial charge in [-0.1, -0.05) is 23.8 Å². The summed E-state index contributed by atoms with van der Waals surface area (Å²) in [6, 6.07) is 6.57. The zero-order valence-corrected chi connectivity index (χ0v) is 22.0. The van der Waals surface area contributed by atoms with E-state index < -0.39 is 0 Å². The smallest absolute Gasteiger partial charge is 0.208 e. The van der Waals surface area contributed by atoms with Gasteiger partial charge in [0.25, 0.3) is 0 Å². The first kappa shape index (κ1) is 25.6. The highest BCUT2D eigenvalue weighted by Gasteiger charge is 2.21. The van der Waals surface area contributed by atoms with Crippen molar-refractivity contribution in [2.75, 3.05) is 26.2 Å². The Kier molecular flexibility index (Phi) is 10.3. The quantitative estimate of drug-likeness (QED) is 0.309.